The number of nitrogens with zero attached hydrogens (tertiary/aromatic N) is 3. The van der Waals surface area contributed by atoms with Gasteiger partial charge in [0, 0.05) is 6.08 Å². The third-order valence-electron chi connectivity index (χ3n) is 2.66. The second-order valence-corrected chi connectivity index (χ2v) is 3.96. The zero-order valence-corrected chi connectivity index (χ0v) is 11.9. The third-order valence-corrected chi connectivity index (χ3v) is 2.66. The van der Waals surface area contributed by atoms with Gasteiger partial charge < -0.3 is 14.4 Å². The van der Waals surface area contributed by atoms with Gasteiger partial charge in [-0.15, -0.1) is 0 Å². The molecule has 0 aliphatic carbocycles. The summed E-state index contributed by atoms with van der Waals surface area (Å²) in [7, 11) is 3.07. The van der Waals surface area contributed by atoms with E-state index in [-0.39, 0.29) is 13.1 Å². The van der Waals surface area contributed by atoms with Crippen molar-refractivity contribution in [3.8, 4) is 23.6 Å². The summed E-state index contributed by atoms with van der Waals surface area (Å²) in [6.07, 6.45) is 2.90. The van der Waals surface area contributed by atoms with Gasteiger partial charge in [-0.2, -0.15) is 10.5 Å². The predicted molar refractivity (Wildman–Crippen MR) is 76.4 cm³/mol. The quantitative estimate of drug-likeness (QED) is 0.585. The molecule has 1 aromatic rings. The van der Waals surface area contributed by atoms with Crippen LogP contribution in [0.3, 0.4) is 0 Å². The first kappa shape index (κ1) is 16.1. The second kappa shape index (κ2) is 8.23. The fourth-order valence-corrected chi connectivity index (χ4v) is 1.61. The maximum atomic E-state index is 11.9. The number of carbonyl (C=O) groups excluding carboxylic acids is 1. The van der Waals surface area contributed by atoms with E-state index in [1.165, 1.54) is 13.2 Å². The molecule has 0 aliphatic rings. The molecular formula is C15H15N3O3. The number of benzene rings is 1. The van der Waals surface area contributed by atoms with E-state index in [9.17, 15) is 4.79 Å². The SMILES string of the molecule is COc1ccc(/C=C/C(=O)N(CC#N)CC#N)cc1OC. The summed E-state index contributed by atoms with van der Waals surface area (Å²) in [5, 5.41) is 17.2. The molecule has 1 rings (SSSR count). The standard InChI is InChI=1S/C15H15N3O3/c1-20-13-5-3-12(11-14(13)21-2)4-6-15(19)18(9-7-16)10-8-17/h3-6,11H,9-10H2,1-2H3/b6-4+. The molecule has 0 radical (unpaired) electrons. The topological polar surface area (TPSA) is 86.4 Å². The number of hydrogen-bond donors (Lipinski definition) is 0. The van der Waals surface area contributed by atoms with Crippen molar-refractivity contribution in [2.45, 2.75) is 0 Å². The Morgan fingerprint density at radius 1 is 1.19 bits per heavy atom. The van der Waals surface area contributed by atoms with Crippen LogP contribution >= 0.6 is 0 Å². The van der Waals surface area contributed by atoms with Crippen LogP contribution in [0.15, 0.2) is 24.3 Å². The lowest BCUT2D eigenvalue weighted by atomic mass is 10.2. The molecule has 0 bridgehead atoms. The molecule has 21 heavy (non-hydrogen) atoms. The Kier molecular flexibility index (Phi) is 6.30. The summed E-state index contributed by atoms with van der Waals surface area (Å²) in [5.41, 5.74) is 0.745. The molecular weight excluding hydrogens is 270 g/mol. The van der Waals surface area contributed by atoms with Crippen molar-refractivity contribution < 1.29 is 14.3 Å². The van der Waals surface area contributed by atoms with Gasteiger partial charge >= 0.3 is 0 Å². The average Bonchev–Trinajstić information content (AvgIpc) is 2.52. The number of carbonyl (C=O) groups is 1. The Morgan fingerprint density at radius 3 is 2.33 bits per heavy atom. The Labute approximate surface area is 123 Å². The van der Waals surface area contributed by atoms with Crippen molar-refractivity contribution in [1.29, 1.82) is 10.5 Å². The summed E-state index contributed by atoms with van der Waals surface area (Å²) >= 11 is 0. The molecule has 1 amide bonds. The van der Waals surface area contributed by atoms with Crippen molar-refractivity contribution >= 4 is 12.0 Å². The molecule has 0 heterocycles. The van der Waals surface area contributed by atoms with Crippen LogP contribution in [0.5, 0.6) is 11.5 Å². The highest BCUT2D eigenvalue weighted by Gasteiger charge is 2.09. The molecule has 1 aromatic carbocycles. The number of amides is 1. The molecule has 0 aliphatic heterocycles. The summed E-state index contributed by atoms with van der Waals surface area (Å²) in [5.74, 6) is 0.752. The van der Waals surface area contributed by atoms with E-state index in [4.69, 9.17) is 20.0 Å². The van der Waals surface area contributed by atoms with E-state index < -0.39 is 5.91 Å². The van der Waals surface area contributed by atoms with E-state index in [0.717, 1.165) is 10.5 Å². The van der Waals surface area contributed by atoms with Crippen molar-refractivity contribution in [3.63, 3.8) is 0 Å². The summed E-state index contributed by atoms with van der Waals surface area (Å²) < 4.78 is 10.3. The van der Waals surface area contributed by atoms with Crippen LogP contribution < -0.4 is 9.47 Å². The van der Waals surface area contributed by atoms with E-state index in [1.807, 2.05) is 12.1 Å². The normalized spacial score (nSPS) is 9.71. The predicted octanol–water partition coefficient (Wildman–Crippen LogP) is 1.59. The van der Waals surface area contributed by atoms with Crippen molar-refractivity contribution in [2.24, 2.45) is 0 Å². The number of ether oxygens (including phenoxy) is 2. The largest absolute Gasteiger partial charge is 0.493 e. The van der Waals surface area contributed by atoms with Gasteiger partial charge in [0.25, 0.3) is 0 Å². The van der Waals surface area contributed by atoms with Gasteiger partial charge in [-0.05, 0) is 23.8 Å². The second-order valence-electron chi connectivity index (χ2n) is 3.96. The molecule has 6 nitrogen and oxygen atoms in total. The van der Waals surface area contributed by atoms with Crippen LogP contribution in [0, 0.1) is 22.7 Å². The molecule has 0 saturated carbocycles. The summed E-state index contributed by atoms with van der Waals surface area (Å²) in [6, 6.07) is 8.92. The molecule has 0 atom stereocenters. The van der Waals surface area contributed by atoms with E-state index in [2.05, 4.69) is 0 Å². The van der Waals surface area contributed by atoms with Gasteiger partial charge in [0.15, 0.2) is 11.5 Å². The van der Waals surface area contributed by atoms with Crippen molar-refractivity contribution in [3.05, 3.63) is 29.8 Å². The smallest absolute Gasteiger partial charge is 0.248 e. The third kappa shape index (κ3) is 4.55. The molecule has 108 valence electrons. The Hall–Kier alpha value is -2.99. The molecule has 0 unspecified atom stereocenters. The molecule has 0 spiro atoms. The minimum absolute atomic E-state index is 0.122. The minimum atomic E-state index is -0.395. The summed E-state index contributed by atoms with van der Waals surface area (Å²) in [6.45, 7) is -0.245. The Morgan fingerprint density at radius 2 is 1.81 bits per heavy atom. The molecule has 0 aromatic heterocycles. The Bertz CT molecular complexity index is 596. The van der Waals surface area contributed by atoms with Gasteiger partial charge in [-0.25, -0.2) is 0 Å². The first-order chi connectivity index (χ1) is 10.2. The number of rotatable bonds is 6. The van der Waals surface area contributed by atoms with Crippen molar-refractivity contribution in [2.75, 3.05) is 27.3 Å². The lowest BCUT2D eigenvalue weighted by Gasteiger charge is -2.12. The van der Waals surface area contributed by atoms with Crippen LogP contribution in [0.1, 0.15) is 5.56 Å². The van der Waals surface area contributed by atoms with E-state index >= 15 is 0 Å². The fourth-order valence-electron chi connectivity index (χ4n) is 1.61. The zero-order valence-electron chi connectivity index (χ0n) is 11.9. The first-order valence-corrected chi connectivity index (χ1v) is 6.09. The number of hydrogen-bond acceptors (Lipinski definition) is 5. The molecule has 6 heteroatoms. The average molecular weight is 285 g/mol. The minimum Gasteiger partial charge on any atom is -0.493 e. The van der Waals surface area contributed by atoms with Crippen LogP contribution in [-0.4, -0.2) is 38.1 Å². The van der Waals surface area contributed by atoms with Crippen LogP contribution in [-0.2, 0) is 4.79 Å². The van der Waals surface area contributed by atoms with Gasteiger partial charge in [0.2, 0.25) is 5.91 Å². The van der Waals surface area contributed by atoms with Gasteiger partial charge in [0.05, 0.1) is 26.4 Å². The van der Waals surface area contributed by atoms with E-state index in [1.54, 1.807) is 31.4 Å². The van der Waals surface area contributed by atoms with Gasteiger partial charge in [-0.1, -0.05) is 6.07 Å². The maximum absolute atomic E-state index is 11.9. The lowest BCUT2D eigenvalue weighted by molar-refractivity contribution is -0.124. The van der Waals surface area contributed by atoms with Gasteiger partial charge in [0.1, 0.15) is 13.1 Å². The highest BCUT2D eigenvalue weighted by molar-refractivity contribution is 5.92. The Balaban J connectivity index is 2.87. The van der Waals surface area contributed by atoms with Crippen LogP contribution in [0.4, 0.5) is 0 Å². The number of methoxy groups -OCH3 is 2. The van der Waals surface area contributed by atoms with Crippen LogP contribution in [0.2, 0.25) is 0 Å². The monoisotopic (exact) mass is 285 g/mol. The summed E-state index contributed by atoms with van der Waals surface area (Å²) in [4.78, 5) is 13.0. The fraction of sp³-hybridized carbons (Fsp3) is 0.267. The molecule has 0 fully saturated rings. The zero-order chi connectivity index (χ0) is 15.7. The van der Waals surface area contributed by atoms with Crippen molar-refractivity contribution in [1.82, 2.24) is 4.90 Å². The van der Waals surface area contributed by atoms with Gasteiger partial charge in [-0.3, -0.25) is 4.79 Å². The van der Waals surface area contributed by atoms with E-state index in [0.29, 0.717) is 11.5 Å². The highest BCUT2D eigenvalue weighted by Crippen LogP contribution is 2.27. The lowest BCUT2D eigenvalue weighted by Crippen LogP contribution is -2.30. The molecule has 0 N–H and O–H groups in total. The maximum Gasteiger partial charge on any atom is 0.248 e. The van der Waals surface area contributed by atoms with Crippen LogP contribution in [0.25, 0.3) is 6.08 Å². The highest BCUT2D eigenvalue weighted by atomic mass is 16.5. The first-order valence-electron chi connectivity index (χ1n) is 6.09. The molecule has 0 saturated heterocycles. The number of nitriles is 2.